The summed E-state index contributed by atoms with van der Waals surface area (Å²) in [6.45, 7) is 6.71. The molecule has 0 aromatic heterocycles. The van der Waals surface area contributed by atoms with E-state index < -0.39 is 11.2 Å². The van der Waals surface area contributed by atoms with Gasteiger partial charge in [-0.15, -0.1) is 0 Å². The average Bonchev–Trinajstić information content (AvgIpc) is 2.97. The highest BCUT2D eigenvalue weighted by Gasteiger charge is 2.21. The Balaban J connectivity index is 1.76. The van der Waals surface area contributed by atoms with Crippen LogP contribution in [0.1, 0.15) is 63.5 Å². The molecule has 0 radical (unpaired) electrons. The minimum absolute atomic E-state index is 0.185. The standard InChI is InChI=1S/C19H30O3S/c1-4-5-6-7-8-9-10-23(20)16(3)12-17-13-19-18(11-15(17)2)21-14-22-19/h11,13,16H,4-10,12,14H2,1-3H3. The molecule has 0 N–H and O–H groups in total. The Morgan fingerprint density at radius 3 is 2.48 bits per heavy atom. The number of rotatable bonds is 10. The third-order valence-corrected chi connectivity index (χ3v) is 6.24. The minimum Gasteiger partial charge on any atom is -0.616 e. The van der Waals surface area contributed by atoms with Crippen molar-refractivity contribution < 1.29 is 14.0 Å². The molecule has 0 saturated heterocycles. The second-order valence-corrected chi connectivity index (χ2v) is 8.47. The van der Waals surface area contributed by atoms with Crippen LogP contribution in [0.5, 0.6) is 11.5 Å². The normalized spacial score (nSPS) is 15.7. The molecule has 1 aliphatic heterocycles. The first-order valence-electron chi connectivity index (χ1n) is 8.88. The number of fused-ring (bicyclic) bond motifs is 1. The fourth-order valence-corrected chi connectivity index (χ4v) is 4.19. The van der Waals surface area contributed by atoms with Crippen molar-refractivity contribution in [3.63, 3.8) is 0 Å². The molecule has 1 aromatic rings. The lowest BCUT2D eigenvalue weighted by molar-refractivity contribution is 0.174. The Hall–Kier alpha value is -0.870. The SMILES string of the molecule is CCCCCCCC[S+]([O-])C(C)Cc1cc2c(cc1C)OCO2. The maximum atomic E-state index is 12.4. The van der Waals surface area contributed by atoms with Crippen molar-refractivity contribution in [1.82, 2.24) is 0 Å². The van der Waals surface area contributed by atoms with Crippen molar-refractivity contribution in [3.8, 4) is 11.5 Å². The van der Waals surface area contributed by atoms with E-state index in [4.69, 9.17) is 9.47 Å². The molecule has 0 amide bonds. The van der Waals surface area contributed by atoms with E-state index in [1.165, 1.54) is 43.2 Å². The van der Waals surface area contributed by atoms with Crippen LogP contribution in [0.3, 0.4) is 0 Å². The summed E-state index contributed by atoms with van der Waals surface area (Å²) >= 11 is -0.751. The third kappa shape index (κ3) is 5.61. The van der Waals surface area contributed by atoms with Gasteiger partial charge in [0.2, 0.25) is 6.79 Å². The molecule has 0 saturated carbocycles. The molecule has 1 heterocycles. The lowest BCUT2D eigenvalue weighted by Crippen LogP contribution is -2.23. The Morgan fingerprint density at radius 1 is 1.09 bits per heavy atom. The van der Waals surface area contributed by atoms with Gasteiger partial charge in [0.15, 0.2) is 11.5 Å². The summed E-state index contributed by atoms with van der Waals surface area (Å²) < 4.78 is 23.3. The molecule has 130 valence electrons. The molecule has 2 rings (SSSR count). The van der Waals surface area contributed by atoms with Gasteiger partial charge in [-0.25, -0.2) is 0 Å². The number of unbranched alkanes of at least 4 members (excludes halogenated alkanes) is 5. The highest BCUT2D eigenvalue weighted by atomic mass is 32.2. The molecule has 2 atom stereocenters. The zero-order chi connectivity index (χ0) is 16.7. The van der Waals surface area contributed by atoms with Crippen LogP contribution < -0.4 is 9.47 Å². The van der Waals surface area contributed by atoms with Gasteiger partial charge >= 0.3 is 0 Å². The Labute approximate surface area is 143 Å². The molecular formula is C19H30O3S. The van der Waals surface area contributed by atoms with E-state index in [-0.39, 0.29) is 5.25 Å². The molecule has 23 heavy (non-hydrogen) atoms. The van der Waals surface area contributed by atoms with Crippen LogP contribution in [0.15, 0.2) is 12.1 Å². The Morgan fingerprint density at radius 2 is 1.74 bits per heavy atom. The minimum atomic E-state index is -0.751. The van der Waals surface area contributed by atoms with Crippen molar-refractivity contribution in [2.75, 3.05) is 12.5 Å². The average molecular weight is 339 g/mol. The fraction of sp³-hybridized carbons (Fsp3) is 0.684. The zero-order valence-electron chi connectivity index (χ0n) is 14.7. The van der Waals surface area contributed by atoms with Crippen LogP contribution in [0, 0.1) is 6.92 Å². The van der Waals surface area contributed by atoms with Crippen molar-refractivity contribution in [2.45, 2.75) is 71.0 Å². The highest BCUT2D eigenvalue weighted by Crippen LogP contribution is 2.35. The molecule has 0 bridgehead atoms. The van der Waals surface area contributed by atoms with Crippen molar-refractivity contribution in [2.24, 2.45) is 0 Å². The molecule has 0 fully saturated rings. The van der Waals surface area contributed by atoms with Crippen LogP contribution in [0.2, 0.25) is 0 Å². The molecule has 0 spiro atoms. The predicted molar refractivity (Wildman–Crippen MR) is 96.9 cm³/mol. The highest BCUT2D eigenvalue weighted by molar-refractivity contribution is 7.91. The maximum Gasteiger partial charge on any atom is 0.231 e. The first-order valence-corrected chi connectivity index (χ1v) is 10.3. The van der Waals surface area contributed by atoms with Gasteiger partial charge in [-0.1, -0.05) is 43.8 Å². The topological polar surface area (TPSA) is 41.5 Å². The van der Waals surface area contributed by atoms with E-state index in [2.05, 4.69) is 26.8 Å². The second kappa shape index (κ2) is 9.43. The number of hydrogen-bond acceptors (Lipinski definition) is 3. The molecule has 2 unspecified atom stereocenters. The second-order valence-electron chi connectivity index (χ2n) is 6.50. The van der Waals surface area contributed by atoms with Gasteiger partial charge in [0.25, 0.3) is 0 Å². The number of aryl methyl sites for hydroxylation is 1. The van der Waals surface area contributed by atoms with Crippen LogP contribution >= 0.6 is 0 Å². The number of ether oxygens (including phenoxy) is 2. The lowest BCUT2D eigenvalue weighted by atomic mass is 10.0. The maximum absolute atomic E-state index is 12.4. The van der Waals surface area contributed by atoms with E-state index >= 15 is 0 Å². The summed E-state index contributed by atoms with van der Waals surface area (Å²) in [4.78, 5) is 0. The van der Waals surface area contributed by atoms with Gasteiger partial charge in [0, 0.05) is 6.42 Å². The first-order chi connectivity index (χ1) is 11.1. The Bertz CT molecular complexity index is 490. The van der Waals surface area contributed by atoms with Crippen LogP contribution in [-0.4, -0.2) is 22.3 Å². The summed E-state index contributed by atoms with van der Waals surface area (Å²) in [5.41, 5.74) is 2.41. The zero-order valence-corrected chi connectivity index (χ0v) is 15.5. The van der Waals surface area contributed by atoms with Crippen molar-refractivity contribution in [1.29, 1.82) is 0 Å². The monoisotopic (exact) mass is 338 g/mol. The summed E-state index contributed by atoms with van der Waals surface area (Å²) in [5.74, 6) is 2.48. The predicted octanol–water partition coefficient (Wildman–Crippen LogP) is 4.76. The van der Waals surface area contributed by atoms with Gasteiger partial charge in [0.1, 0.15) is 11.0 Å². The van der Waals surface area contributed by atoms with Crippen molar-refractivity contribution >= 4 is 11.2 Å². The summed E-state index contributed by atoms with van der Waals surface area (Å²) in [7, 11) is 0. The molecule has 0 aliphatic carbocycles. The number of hydrogen-bond donors (Lipinski definition) is 0. The van der Waals surface area contributed by atoms with E-state index in [0.29, 0.717) is 6.79 Å². The quantitative estimate of drug-likeness (QED) is 0.456. The van der Waals surface area contributed by atoms with Gasteiger partial charge in [-0.3, -0.25) is 0 Å². The van der Waals surface area contributed by atoms with Crippen molar-refractivity contribution in [3.05, 3.63) is 23.3 Å². The van der Waals surface area contributed by atoms with Gasteiger partial charge < -0.3 is 14.0 Å². The van der Waals surface area contributed by atoms with Crippen LogP contribution in [0.25, 0.3) is 0 Å². The summed E-state index contributed by atoms with van der Waals surface area (Å²) in [6.07, 6.45) is 8.32. The van der Waals surface area contributed by atoms with Gasteiger partial charge in [-0.2, -0.15) is 0 Å². The first kappa shape index (κ1) is 18.5. The van der Waals surface area contributed by atoms with E-state index in [1.54, 1.807) is 0 Å². The lowest BCUT2D eigenvalue weighted by Gasteiger charge is -2.19. The molecular weight excluding hydrogens is 308 g/mol. The molecule has 1 aromatic carbocycles. The summed E-state index contributed by atoms with van der Waals surface area (Å²) in [6, 6.07) is 4.08. The van der Waals surface area contributed by atoms with E-state index in [9.17, 15) is 4.55 Å². The molecule has 3 nitrogen and oxygen atoms in total. The number of benzene rings is 1. The molecule has 1 aliphatic rings. The van der Waals surface area contributed by atoms with Gasteiger partial charge in [-0.05, 0) is 49.9 Å². The summed E-state index contributed by atoms with van der Waals surface area (Å²) in [5, 5.41) is 0.185. The van der Waals surface area contributed by atoms with Gasteiger partial charge in [0.05, 0.1) is 0 Å². The van der Waals surface area contributed by atoms with Crippen LogP contribution in [0.4, 0.5) is 0 Å². The Kier molecular flexibility index (Phi) is 7.57. The fourth-order valence-electron chi connectivity index (χ4n) is 2.93. The smallest absolute Gasteiger partial charge is 0.231 e. The largest absolute Gasteiger partial charge is 0.616 e. The molecule has 4 heteroatoms. The van der Waals surface area contributed by atoms with E-state index in [1.807, 2.05) is 6.07 Å². The van der Waals surface area contributed by atoms with E-state index in [0.717, 1.165) is 30.1 Å². The van der Waals surface area contributed by atoms with Crippen LogP contribution in [-0.2, 0) is 17.6 Å². The third-order valence-electron chi connectivity index (χ3n) is 4.49.